The molecule has 2 aromatic heterocycles. The van der Waals surface area contributed by atoms with Gasteiger partial charge in [0.25, 0.3) is 0 Å². The highest BCUT2D eigenvalue weighted by Crippen LogP contribution is 2.47. The standard InChI is InChI=1S/C64H42N4/c1-2-22-48(23-3-1)67-60-32-8-7-30-56(60)58-42-53(36-37-62(58)67)65-49-24-10-18-44(38-49)46-20-12-26-51(40-46)66(52-27-13-21-47(41-52)45-19-11-25-50(65)39-45)63-35-15-31-57-55-29-6-9-33-61(55)68(64(57)63)59-34-14-17-43-16-4-5-28-54(43)59/h1-42H. The summed E-state index contributed by atoms with van der Waals surface area (Å²) in [7, 11) is 0. The molecule has 14 rings (SSSR count). The molecule has 0 amide bonds. The fourth-order valence-corrected chi connectivity index (χ4v) is 11.0. The highest BCUT2D eigenvalue weighted by atomic mass is 15.2. The Balaban J connectivity index is 0.999. The number of hydrogen-bond acceptors (Lipinski definition) is 2. The van der Waals surface area contributed by atoms with E-state index in [1.54, 1.807) is 0 Å². The van der Waals surface area contributed by atoms with E-state index >= 15 is 0 Å². The lowest BCUT2D eigenvalue weighted by atomic mass is 9.99. The quantitative estimate of drug-likeness (QED) is 0.175. The maximum absolute atomic E-state index is 2.49. The monoisotopic (exact) mass is 866 g/mol. The first kappa shape index (κ1) is 38.2. The number of hydrogen-bond donors (Lipinski definition) is 0. The van der Waals surface area contributed by atoms with Crippen molar-refractivity contribution in [3.63, 3.8) is 0 Å². The molecule has 0 radical (unpaired) electrons. The van der Waals surface area contributed by atoms with Gasteiger partial charge < -0.3 is 18.9 Å². The summed E-state index contributed by atoms with van der Waals surface area (Å²) in [4.78, 5) is 4.88. The van der Waals surface area contributed by atoms with Crippen molar-refractivity contribution in [3.05, 3.63) is 255 Å². The van der Waals surface area contributed by atoms with Crippen molar-refractivity contribution >= 4 is 88.5 Å². The maximum Gasteiger partial charge on any atom is 0.0782 e. The predicted molar refractivity (Wildman–Crippen MR) is 286 cm³/mol. The molecule has 11 aromatic carbocycles. The van der Waals surface area contributed by atoms with E-state index in [-0.39, 0.29) is 0 Å². The second-order valence-corrected chi connectivity index (χ2v) is 17.8. The zero-order valence-corrected chi connectivity index (χ0v) is 37.0. The van der Waals surface area contributed by atoms with Crippen LogP contribution in [-0.2, 0) is 0 Å². The number of rotatable bonds is 4. The van der Waals surface area contributed by atoms with Gasteiger partial charge in [0, 0.05) is 61.1 Å². The van der Waals surface area contributed by atoms with Crippen LogP contribution in [-0.4, -0.2) is 9.13 Å². The van der Waals surface area contributed by atoms with Gasteiger partial charge in [-0.15, -0.1) is 0 Å². The van der Waals surface area contributed by atoms with Gasteiger partial charge in [-0.05, 0) is 131 Å². The maximum atomic E-state index is 2.49. The third-order valence-electron chi connectivity index (χ3n) is 13.9. The van der Waals surface area contributed by atoms with Gasteiger partial charge in [-0.2, -0.15) is 0 Å². The summed E-state index contributed by atoms with van der Waals surface area (Å²) in [5, 5.41) is 7.30. The van der Waals surface area contributed by atoms with Crippen molar-refractivity contribution in [2.24, 2.45) is 0 Å². The van der Waals surface area contributed by atoms with Crippen LogP contribution in [0.3, 0.4) is 0 Å². The molecule has 3 heterocycles. The van der Waals surface area contributed by atoms with Gasteiger partial charge in [0.15, 0.2) is 0 Å². The molecule has 0 saturated carbocycles. The second kappa shape index (κ2) is 15.2. The number of anilines is 6. The molecule has 0 spiro atoms. The van der Waals surface area contributed by atoms with Gasteiger partial charge in [-0.25, -0.2) is 0 Å². The number of nitrogens with zero attached hydrogens (tertiary/aromatic N) is 4. The number of fused-ring (bicyclic) bond motifs is 17. The summed E-state index contributed by atoms with van der Waals surface area (Å²) in [5.41, 5.74) is 18.1. The highest BCUT2D eigenvalue weighted by molar-refractivity contribution is 6.16. The summed E-state index contributed by atoms with van der Waals surface area (Å²) in [5.74, 6) is 0. The third kappa shape index (κ3) is 5.94. The largest absolute Gasteiger partial charge is 0.310 e. The average Bonchev–Trinajstić information content (AvgIpc) is 3.92. The fraction of sp³-hybridized carbons (Fsp3) is 0. The first-order valence-electron chi connectivity index (χ1n) is 23.3. The summed E-state index contributed by atoms with van der Waals surface area (Å²) in [6.45, 7) is 0. The molecule has 8 bridgehead atoms. The molecule has 13 aromatic rings. The van der Waals surface area contributed by atoms with Gasteiger partial charge in [0.2, 0.25) is 0 Å². The molecule has 318 valence electrons. The van der Waals surface area contributed by atoms with Crippen LogP contribution in [0.2, 0.25) is 0 Å². The topological polar surface area (TPSA) is 16.3 Å². The third-order valence-corrected chi connectivity index (χ3v) is 13.9. The first-order chi connectivity index (χ1) is 33.7. The second-order valence-electron chi connectivity index (χ2n) is 17.8. The van der Waals surface area contributed by atoms with Crippen molar-refractivity contribution < 1.29 is 0 Å². The molecule has 4 heteroatoms. The molecule has 1 aliphatic heterocycles. The lowest BCUT2D eigenvalue weighted by Gasteiger charge is -2.29. The molecule has 68 heavy (non-hydrogen) atoms. The van der Waals surface area contributed by atoms with Crippen LogP contribution < -0.4 is 9.80 Å². The van der Waals surface area contributed by atoms with E-state index < -0.39 is 0 Å². The van der Waals surface area contributed by atoms with E-state index in [0.717, 1.165) is 73.3 Å². The van der Waals surface area contributed by atoms with Gasteiger partial charge in [-0.3, -0.25) is 0 Å². The van der Waals surface area contributed by atoms with Gasteiger partial charge in [0.05, 0.1) is 33.4 Å². The van der Waals surface area contributed by atoms with Crippen LogP contribution in [0.1, 0.15) is 0 Å². The number of aromatic nitrogens is 2. The minimum Gasteiger partial charge on any atom is -0.310 e. The Morgan fingerprint density at radius 2 is 0.647 bits per heavy atom. The Bertz CT molecular complexity index is 4020. The first-order valence-corrected chi connectivity index (χ1v) is 23.3. The Morgan fingerprint density at radius 1 is 0.221 bits per heavy atom. The molecule has 4 nitrogen and oxygen atoms in total. The highest BCUT2D eigenvalue weighted by Gasteiger charge is 2.24. The van der Waals surface area contributed by atoms with E-state index in [0.29, 0.717) is 0 Å². The summed E-state index contributed by atoms with van der Waals surface area (Å²) in [6.07, 6.45) is 0. The van der Waals surface area contributed by atoms with E-state index in [2.05, 4.69) is 274 Å². The Labute approximate surface area is 394 Å². The average molecular weight is 867 g/mol. The van der Waals surface area contributed by atoms with Crippen LogP contribution >= 0.6 is 0 Å². The van der Waals surface area contributed by atoms with E-state index in [1.807, 2.05) is 0 Å². The van der Waals surface area contributed by atoms with Crippen LogP contribution in [0, 0.1) is 0 Å². The zero-order chi connectivity index (χ0) is 44.7. The lowest BCUT2D eigenvalue weighted by molar-refractivity contribution is 1.18. The minimum atomic E-state index is 1.08. The molecule has 0 aliphatic carbocycles. The molecule has 0 unspecified atom stereocenters. The van der Waals surface area contributed by atoms with Crippen LogP contribution in [0.5, 0.6) is 0 Å². The smallest absolute Gasteiger partial charge is 0.0782 e. The zero-order valence-electron chi connectivity index (χ0n) is 37.0. The molecular formula is C64H42N4. The van der Waals surface area contributed by atoms with Crippen molar-refractivity contribution in [2.75, 3.05) is 9.80 Å². The number of benzene rings is 11. The van der Waals surface area contributed by atoms with E-state index in [4.69, 9.17) is 0 Å². The molecule has 1 aliphatic rings. The number of para-hydroxylation sites is 4. The van der Waals surface area contributed by atoms with Gasteiger partial charge in [-0.1, -0.05) is 152 Å². The Morgan fingerprint density at radius 3 is 1.29 bits per heavy atom. The van der Waals surface area contributed by atoms with E-state index in [9.17, 15) is 0 Å². The van der Waals surface area contributed by atoms with E-state index in [1.165, 1.54) is 48.9 Å². The van der Waals surface area contributed by atoms with Crippen molar-refractivity contribution in [1.82, 2.24) is 9.13 Å². The normalized spacial score (nSPS) is 12.4. The van der Waals surface area contributed by atoms with Gasteiger partial charge >= 0.3 is 0 Å². The summed E-state index contributed by atoms with van der Waals surface area (Å²) >= 11 is 0. The molecule has 0 atom stereocenters. The van der Waals surface area contributed by atoms with Crippen LogP contribution in [0.25, 0.3) is 88.0 Å². The van der Waals surface area contributed by atoms with Crippen LogP contribution in [0.15, 0.2) is 255 Å². The molecule has 0 N–H and O–H groups in total. The Kier molecular flexibility index (Phi) is 8.55. The molecular weight excluding hydrogens is 825 g/mol. The fourth-order valence-electron chi connectivity index (χ4n) is 11.0. The molecule has 0 saturated heterocycles. The van der Waals surface area contributed by atoms with Crippen LogP contribution in [0.4, 0.5) is 34.1 Å². The van der Waals surface area contributed by atoms with Crippen molar-refractivity contribution in [2.45, 2.75) is 0 Å². The minimum absolute atomic E-state index is 1.08. The molecule has 0 fully saturated rings. The summed E-state index contributed by atoms with van der Waals surface area (Å²) < 4.78 is 4.87. The van der Waals surface area contributed by atoms with Gasteiger partial charge in [0.1, 0.15) is 0 Å². The lowest BCUT2D eigenvalue weighted by Crippen LogP contribution is -2.12. The van der Waals surface area contributed by atoms with Crippen molar-refractivity contribution in [1.29, 1.82) is 0 Å². The predicted octanol–water partition coefficient (Wildman–Crippen LogP) is 17.6. The van der Waals surface area contributed by atoms with Crippen molar-refractivity contribution in [3.8, 4) is 33.6 Å². The summed E-state index contributed by atoms with van der Waals surface area (Å²) in [6, 6.07) is 93.5. The SMILES string of the molecule is c1ccc(-n2c3ccccc3c3cc(N4c5cccc(c5)-c5cccc(c5)N(c5cccc6c7ccccc7n(-c7cccc8ccccc78)c56)c5cccc(c5)-c5cccc4c5)ccc32)cc1. The Hall–Kier alpha value is -9.12.